The van der Waals surface area contributed by atoms with Crippen LogP contribution in [0.15, 0.2) is 16.8 Å². The summed E-state index contributed by atoms with van der Waals surface area (Å²) in [5.74, 6) is 1.18. The van der Waals surface area contributed by atoms with Crippen molar-refractivity contribution in [2.75, 3.05) is 13.1 Å². The van der Waals surface area contributed by atoms with Crippen LogP contribution >= 0.6 is 11.3 Å². The average Bonchev–Trinajstić information content (AvgIpc) is 3.02. The maximum atomic E-state index is 12.3. The van der Waals surface area contributed by atoms with E-state index >= 15 is 0 Å². The van der Waals surface area contributed by atoms with Crippen molar-refractivity contribution in [2.45, 2.75) is 50.7 Å². The quantitative estimate of drug-likeness (QED) is 0.750. The normalized spacial score (nSPS) is 27.1. The maximum absolute atomic E-state index is 12.3. The number of nitrogens with one attached hydrogen (secondary N) is 2. The Labute approximate surface area is 136 Å². The largest absolute Gasteiger partial charge is 0.393 e. The Morgan fingerprint density at radius 1 is 1.36 bits per heavy atom. The molecule has 1 aromatic heterocycles. The van der Waals surface area contributed by atoms with Crippen molar-refractivity contribution >= 4 is 17.2 Å². The Hall–Kier alpha value is -0.910. The van der Waals surface area contributed by atoms with Crippen molar-refractivity contribution in [2.24, 2.45) is 11.8 Å². The Bertz CT molecular complexity index is 465. The SMILES string of the molecule is O=C(CCc1ccsc1)N[C@@H](C1CCNCC1)C1CC(O)C1. The summed E-state index contributed by atoms with van der Waals surface area (Å²) in [5, 5.41) is 20.5. The van der Waals surface area contributed by atoms with E-state index in [1.54, 1.807) is 11.3 Å². The Kier molecular flexibility index (Phi) is 5.50. The molecule has 1 amide bonds. The molecule has 22 heavy (non-hydrogen) atoms. The summed E-state index contributed by atoms with van der Waals surface area (Å²) < 4.78 is 0. The number of aliphatic hydroxyl groups is 1. The standard InChI is InChI=1S/C17H26N2O2S/c20-15-9-14(10-15)17(13-3-6-18-7-4-13)19-16(21)2-1-12-5-8-22-11-12/h5,8,11,13-15,17-18,20H,1-4,6-7,9-10H2,(H,19,21)/t14?,15?,17-/m0/s1. The average molecular weight is 322 g/mol. The first-order chi connectivity index (χ1) is 10.7. The van der Waals surface area contributed by atoms with Gasteiger partial charge in [-0.3, -0.25) is 4.79 Å². The molecule has 1 saturated carbocycles. The zero-order valence-corrected chi connectivity index (χ0v) is 13.8. The first kappa shape index (κ1) is 16.0. The zero-order chi connectivity index (χ0) is 15.4. The molecule has 122 valence electrons. The second kappa shape index (κ2) is 7.57. The molecule has 2 aliphatic rings. The van der Waals surface area contributed by atoms with Crippen molar-refractivity contribution < 1.29 is 9.90 Å². The molecule has 3 rings (SSSR count). The second-order valence-corrected chi connectivity index (χ2v) is 7.48. The number of rotatable bonds is 6. The van der Waals surface area contributed by atoms with Gasteiger partial charge in [0.25, 0.3) is 0 Å². The first-order valence-electron chi connectivity index (χ1n) is 8.41. The van der Waals surface area contributed by atoms with E-state index in [4.69, 9.17) is 0 Å². The van der Waals surface area contributed by atoms with Crippen LogP contribution in [0.4, 0.5) is 0 Å². The van der Waals surface area contributed by atoms with E-state index in [1.807, 2.05) is 0 Å². The van der Waals surface area contributed by atoms with Crippen molar-refractivity contribution in [3.05, 3.63) is 22.4 Å². The number of carbonyl (C=O) groups excluding carboxylic acids is 1. The van der Waals surface area contributed by atoms with Gasteiger partial charge in [-0.2, -0.15) is 11.3 Å². The maximum Gasteiger partial charge on any atom is 0.220 e. The number of hydrogen-bond donors (Lipinski definition) is 3. The monoisotopic (exact) mass is 322 g/mol. The van der Waals surface area contributed by atoms with Gasteiger partial charge in [0.1, 0.15) is 0 Å². The molecule has 1 aliphatic heterocycles. The van der Waals surface area contributed by atoms with Crippen LogP contribution in [-0.4, -0.2) is 36.2 Å². The fraction of sp³-hybridized carbons (Fsp3) is 0.706. The molecule has 1 saturated heterocycles. The van der Waals surface area contributed by atoms with Crippen LogP contribution in [0.3, 0.4) is 0 Å². The lowest BCUT2D eigenvalue weighted by molar-refractivity contribution is -0.123. The van der Waals surface area contributed by atoms with Crippen LogP contribution in [0.5, 0.6) is 0 Å². The minimum Gasteiger partial charge on any atom is -0.393 e. The second-order valence-electron chi connectivity index (χ2n) is 6.70. The molecule has 0 bridgehead atoms. The summed E-state index contributed by atoms with van der Waals surface area (Å²) >= 11 is 1.68. The molecular weight excluding hydrogens is 296 g/mol. The highest BCUT2D eigenvalue weighted by Gasteiger charge is 2.38. The first-order valence-corrected chi connectivity index (χ1v) is 9.36. The van der Waals surface area contributed by atoms with Crippen molar-refractivity contribution in [1.29, 1.82) is 0 Å². The van der Waals surface area contributed by atoms with Crippen LogP contribution in [0.25, 0.3) is 0 Å². The van der Waals surface area contributed by atoms with Gasteiger partial charge in [-0.05, 0) is 79.4 Å². The summed E-state index contributed by atoms with van der Waals surface area (Å²) in [4.78, 5) is 12.3. The number of aliphatic hydroxyl groups excluding tert-OH is 1. The third kappa shape index (κ3) is 4.09. The van der Waals surface area contributed by atoms with Crippen molar-refractivity contribution in [3.8, 4) is 0 Å². The molecule has 2 fully saturated rings. The Morgan fingerprint density at radius 3 is 2.77 bits per heavy atom. The van der Waals surface area contributed by atoms with Gasteiger partial charge in [0.2, 0.25) is 5.91 Å². The lowest BCUT2D eigenvalue weighted by Gasteiger charge is -2.43. The molecule has 3 N–H and O–H groups in total. The van der Waals surface area contributed by atoms with E-state index in [9.17, 15) is 9.90 Å². The van der Waals surface area contributed by atoms with E-state index in [1.165, 1.54) is 5.56 Å². The number of aryl methyl sites for hydroxylation is 1. The zero-order valence-electron chi connectivity index (χ0n) is 13.0. The fourth-order valence-electron chi connectivity index (χ4n) is 3.70. The van der Waals surface area contributed by atoms with Crippen LogP contribution < -0.4 is 10.6 Å². The third-order valence-corrected chi connectivity index (χ3v) is 5.83. The van der Waals surface area contributed by atoms with E-state index in [2.05, 4.69) is 27.5 Å². The number of thiophene rings is 1. The third-order valence-electron chi connectivity index (χ3n) is 5.10. The molecule has 0 unspecified atom stereocenters. The molecule has 2 heterocycles. The molecule has 4 nitrogen and oxygen atoms in total. The number of piperidine rings is 1. The molecule has 0 spiro atoms. The highest BCUT2D eigenvalue weighted by atomic mass is 32.1. The molecule has 1 aromatic rings. The van der Waals surface area contributed by atoms with Gasteiger partial charge in [0.15, 0.2) is 0 Å². The minimum atomic E-state index is -0.156. The molecule has 1 aliphatic carbocycles. The van der Waals surface area contributed by atoms with Gasteiger partial charge < -0.3 is 15.7 Å². The lowest BCUT2D eigenvalue weighted by Crippen LogP contribution is -2.52. The van der Waals surface area contributed by atoms with Crippen LogP contribution in [0.1, 0.15) is 37.7 Å². The van der Waals surface area contributed by atoms with Gasteiger partial charge >= 0.3 is 0 Å². The van der Waals surface area contributed by atoms with Gasteiger partial charge in [-0.25, -0.2) is 0 Å². The fourth-order valence-corrected chi connectivity index (χ4v) is 4.40. The van der Waals surface area contributed by atoms with Gasteiger partial charge in [0.05, 0.1) is 6.10 Å². The number of amides is 1. The predicted octanol–water partition coefficient (Wildman–Crippen LogP) is 1.94. The van der Waals surface area contributed by atoms with Gasteiger partial charge in [0, 0.05) is 12.5 Å². The Balaban J connectivity index is 1.53. The number of carbonyl (C=O) groups is 1. The summed E-state index contributed by atoms with van der Waals surface area (Å²) in [5.41, 5.74) is 1.25. The smallest absolute Gasteiger partial charge is 0.220 e. The topological polar surface area (TPSA) is 61.4 Å². The summed E-state index contributed by atoms with van der Waals surface area (Å²) in [6.45, 7) is 2.09. The van der Waals surface area contributed by atoms with E-state index < -0.39 is 0 Å². The van der Waals surface area contributed by atoms with Crippen molar-refractivity contribution in [3.63, 3.8) is 0 Å². The van der Waals surface area contributed by atoms with E-state index in [0.717, 1.165) is 45.2 Å². The van der Waals surface area contributed by atoms with Gasteiger partial charge in [-0.1, -0.05) is 0 Å². The van der Waals surface area contributed by atoms with Crippen LogP contribution in [0, 0.1) is 11.8 Å². The molecule has 5 heteroatoms. The molecular formula is C17H26N2O2S. The number of hydrogen-bond acceptors (Lipinski definition) is 4. The van der Waals surface area contributed by atoms with E-state index in [-0.39, 0.29) is 18.1 Å². The molecule has 0 radical (unpaired) electrons. The summed E-state index contributed by atoms with van der Waals surface area (Å²) in [6.07, 6.45) is 5.18. The molecule has 0 aromatic carbocycles. The summed E-state index contributed by atoms with van der Waals surface area (Å²) in [7, 11) is 0. The highest BCUT2D eigenvalue weighted by Crippen LogP contribution is 2.35. The predicted molar refractivity (Wildman–Crippen MR) is 88.9 cm³/mol. The Morgan fingerprint density at radius 2 is 2.14 bits per heavy atom. The van der Waals surface area contributed by atoms with E-state index in [0.29, 0.717) is 18.3 Å². The minimum absolute atomic E-state index is 0.156. The van der Waals surface area contributed by atoms with Crippen LogP contribution in [0.2, 0.25) is 0 Å². The molecule has 1 atom stereocenters. The lowest BCUT2D eigenvalue weighted by atomic mass is 9.71. The summed E-state index contributed by atoms with van der Waals surface area (Å²) in [6, 6.07) is 2.34. The van der Waals surface area contributed by atoms with Gasteiger partial charge in [-0.15, -0.1) is 0 Å². The van der Waals surface area contributed by atoms with Crippen molar-refractivity contribution in [1.82, 2.24) is 10.6 Å². The van der Waals surface area contributed by atoms with Crippen LogP contribution in [-0.2, 0) is 11.2 Å². The highest BCUT2D eigenvalue weighted by molar-refractivity contribution is 7.07.